The number of ether oxygens (including phenoxy) is 1. The van der Waals surface area contributed by atoms with Crippen LogP contribution in [0.3, 0.4) is 0 Å². The maximum atomic E-state index is 12.8. The molecule has 1 amide bonds. The van der Waals surface area contributed by atoms with E-state index in [2.05, 4.69) is 10.00 Å². The van der Waals surface area contributed by atoms with Crippen LogP contribution in [0.5, 0.6) is 0 Å². The molecular weight excluding hydrogens is 316 g/mol. The van der Waals surface area contributed by atoms with Gasteiger partial charge in [0, 0.05) is 31.7 Å². The van der Waals surface area contributed by atoms with Gasteiger partial charge < -0.3 is 9.64 Å². The summed E-state index contributed by atoms with van der Waals surface area (Å²) >= 11 is 6.45. The Morgan fingerprint density at radius 1 is 1.35 bits per heavy atom. The number of hydrogen-bond donors (Lipinski definition) is 0. The summed E-state index contributed by atoms with van der Waals surface area (Å²) in [6, 6.07) is 0.0347. The minimum atomic E-state index is -0.142. The molecule has 1 aromatic rings. The summed E-state index contributed by atoms with van der Waals surface area (Å²) < 4.78 is 7.06. The Morgan fingerprint density at radius 3 is 2.65 bits per heavy atom. The summed E-state index contributed by atoms with van der Waals surface area (Å²) in [5, 5.41) is 5.12. The number of aromatic nitrogens is 2. The lowest BCUT2D eigenvalue weighted by atomic mass is 10.0. The van der Waals surface area contributed by atoms with E-state index in [0.717, 1.165) is 30.6 Å². The van der Waals surface area contributed by atoms with Gasteiger partial charge in [-0.2, -0.15) is 5.10 Å². The lowest BCUT2D eigenvalue weighted by Gasteiger charge is -2.35. The van der Waals surface area contributed by atoms with Crippen molar-refractivity contribution in [2.24, 2.45) is 7.05 Å². The molecule has 2 atom stereocenters. The van der Waals surface area contributed by atoms with Crippen molar-refractivity contribution in [1.82, 2.24) is 19.6 Å². The van der Waals surface area contributed by atoms with Crippen molar-refractivity contribution >= 4 is 17.5 Å². The van der Waals surface area contributed by atoms with Crippen molar-refractivity contribution in [3.8, 4) is 0 Å². The summed E-state index contributed by atoms with van der Waals surface area (Å²) in [5.41, 5.74) is 2.04. The van der Waals surface area contributed by atoms with Gasteiger partial charge in [0.2, 0.25) is 5.91 Å². The first-order valence-electron chi connectivity index (χ1n) is 8.32. The van der Waals surface area contributed by atoms with Crippen molar-refractivity contribution < 1.29 is 9.53 Å². The van der Waals surface area contributed by atoms with E-state index in [-0.39, 0.29) is 18.0 Å². The number of amides is 1. The maximum Gasteiger partial charge on any atom is 0.239 e. The molecule has 1 aromatic heterocycles. The lowest BCUT2D eigenvalue weighted by molar-refractivity contribution is -0.140. The zero-order valence-electron chi connectivity index (χ0n) is 14.1. The summed E-state index contributed by atoms with van der Waals surface area (Å²) in [4.78, 5) is 17.0. The Bertz CT molecular complexity index is 583. The largest absolute Gasteiger partial charge is 0.378 e. The SMILES string of the molecule is Cc1nn(C)c(Cl)c1[C@H]1CCCN1[C@H](C)C(=O)N1CCOCC1. The van der Waals surface area contributed by atoms with Crippen LogP contribution in [0.1, 0.15) is 37.1 Å². The molecule has 3 heterocycles. The molecule has 0 spiro atoms. The van der Waals surface area contributed by atoms with Crippen LogP contribution >= 0.6 is 11.6 Å². The van der Waals surface area contributed by atoms with E-state index in [0.29, 0.717) is 31.5 Å². The zero-order valence-corrected chi connectivity index (χ0v) is 14.8. The molecule has 2 saturated heterocycles. The van der Waals surface area contributed by atoms with Gasteiger partial charge >= 0.3 is 0 Å². The fourth-order valence-electron chi connectivity index (χ4n) is 3.78. The number of halogens is 1. The third kappa shape index (κ3) is 3.12. The number of nitrogens with zero attached hydrogens (tertiary/aromatic N) is 4. The second-order valence-corrected chi connectivity index (χ2v) is 6.78. The molecule has 3 rings (SSSR count). The predicted octanol–water partition coefficient (Wildman–Crippen LogP) is 1.77. The van der Waals surface area contributed by atoms with Crippen LogP contribution in [0.2, 0.25) is 5.15 Å². The van der Waals surface area contributed by atoms with Gasteiger partial charge in [-0.3, -0.25) is 14.4 Å². The molecule has 23 heavy (non-hydrogen) atoms. The van der Waals surface area contributed by atoms with Crippen LogP contribution in [0, 0.1) is 6.92 Å². The molecule has 128 valence electrons. The van der Waals surface area contributed by atoms with Gasteiger partial charge in [-0.25, -0.2) is 0 Å². The Morgan fingerprint density at radius 2 is 2.04 bits per heavy atom. The Labute approximate surface area is 142 Å². The fraction of sp³-hybridized carbons (Fsp3) is 0.750. The van der Waals surface area contributed by atoms with E-state index in [1.807, 2.05) is 25.8 Å². The van der Waals surface area contributed by atoms with E-state index in [9.17, 15) is 4.79 Å². The summed E-state index contributed by atoms with van der Waals surface area (Å²) in [5.74, 6) is 0.192. The molecule has 0 unspecified atom stereocenters. The van der Waals surface area contributed by atoms with Gasteiger partial charge in [0.1, 0.15) is 5.15 Å². The van der Waals surface area contributed by atoms with Crippen LogP contribution in [0.25, 0.3) is 0 Å². The molecule has 6 nitrogen and oxygen atoms in total. The highest BCUT2D eigenvalue weighted by Crippen LogP contribution is 2.38. The monoisotopic (exact) mass is 340 g/mol. The van der Waals surface area contributed by atoms with Crippen LogP contribution in [-0.2, 0) is 16.6 Å². The van der Waals surface area contributed by atoms with E-state index in [1.54, 1.807) is 4.68 Å². The van der Waals surface area contributed by atoms with Crippen LogP contribution in [-0.4, -0.2) is 64.4 Å². The molecule has 0 N–H and O–H groups in total. The molecule has 2 aliphatic heterocycles. The molecular formula is C16H25ClN4O2. The molecule has 0 bridgehead atoms. The van der Waals surface area contributed by atoms with Crippen molar-refractivity contribution in [1.29, 1.82) is 0 Å². The molecule has 0 aromatic carbocycles. The first kappa shape index (κ1) is 16.7. The number of carbonyl (C=O) groups excluding carboxylic acids is 1. The van der Waals surface area contributed by atoms with Crippen LogP contribution in [0.15, 0.2) is 0 Å². The van der Waals surface area contributed by atoms with Gasteiger partial charge in [-0.1, -0.05) is 11.6 Å². The highest BCUT2D eigenvalue weighted by molar-refractivity contribution is 6.30. The Kier molecular flexibility index (Phi) is 4.94. The lowest BCUT2D eigenvalue weighted by Crippen LogP contribution is -2.50. The third-order valence-electron chi connectivity index (χ3n) is 5.00. The maximum absolute atomic E-state index is 12.8. The van der Waals surface area contributed by atoms with Gasteiger partial charge in [0.15, 0.2) is 0 Å². The minimum Gasteiger partial charge on any atom is -0.378 e. The fourth-order valence-corrected chi connectivity index (χ4v) is 4.08. The molecule has 7 heteroatoms. The zero-order chi connectivity index (χ0) is 16.6. The molecule has 2 aliphatic rings. The normalized spacial score (nSPS) is 24.2. The topological polar surface area (TPSA) is 50.6 Å². The summed E-state index contributed by atoms with van der Waals surface area (Å²) in [6.45, 7) is 7.57. The van der Waals surface area contributed by atoms with Crippen molar-refractivity contribution in [3.63, 3.8) is 0 Å². The van der Waals surface area contributed by atoms with Gasteiger partial charge in [0.25, 0.3) is 0 Å². The van der Waals surface area contributed by atoms with Crippen molar-refractivity contribution in [2.45, 2.75) is 38.8 Å². The van der Waals surface area contributed by atoms with E-state index in [1.165, 1.54) is 0 Å². The number of rotatable bonds is 3. The molecule has 0 radical (unpaired) electrons. The van der Waals surface area contributed by atoms with E-state index >= 15 is 0 Å². The molecule has 0 aliphatic carbocycles. The molecule has 2 fully saturated rings. The average molecular weight is 341 g/mol. The third-order valence-corrected chi connectivity index (χ3v) is 5.45. The van der Waals surface area contributed by atoms with Crippen LogP contribution in [0.4, 0.5) is 0 Å². The Hall–Kier alpha value is -1.11. The standard InChI is InChI=1S/C16H25ClN4O2/c1-11-14(15(17)19(3)18-11)13-5-4-6-21(13)12(2)16(22)20-7-9-23-10-8-20/h12-13H,4-10H2,1-3H3/t12-,13-/m1/s1. The van der Waals surface area contributed by atoms with Crippen molar-refractivity contribution in [2.75, 3.05) is 32.8 Å². The Balaban J connectivity index is 1.79. The van der Waals surface area contributed by atoms with E-state index in [4.69, 9.17) is 16.3 Å². The summed E-state index contributed by atoms with van der Waals surface area (Å²) in [6.07, 6.45) is 2.10. The molecule has 0 saturated carbocycles. The van der Waals surface area contributed by atoms with E-state index < -0.39 is 0 Å². The number of carbonyl (C=O) groups is 1. The number of morpholine rings is 1. The van der Waals surface area contributed by atoms with Gasteiger partial charge in [-0.15, -0.1) is 0 Å². The highest BCUT2D eigenvalue weighted by atomic mass is 35.5. The second-order valence-electron chi connectivity index (χ2n) is 6.42. The minimum absolute atomic E-state index is 0.142. The second kappa shape index (κ2) is 6.79. The van der Waals surface area contributed by atoms with Gasteiger partial charge in [0.05, 0.1) is 24.9 Å². The number of hydrogen-bond acceptors (Lipinski definition) is 4. The number of likely N-dealkylation sites (tertiary alicyclic amines) is 1. The average Bonchev–Trinajstić information content (AvgIpc) is 3.12. The van der Waals surface area contributed by atoms with Crippen molar-refractivity contribution in [3.05, 3.63) is 16.4 Å². The van der Waals surface area contributed by atoms with Gasteiger partial charge in [-0.05, 0) is 33.2 Å². The first-order valence-corrected chi connectivity index (χ1v) is 8.69. The summed E-state index contributed by atoms with van der Waals surface area (Å²) in [7, 11) is 1.86. The van der Waals surface area contributed by atoms with Crippen LogP contribution < -0.4 is 0 Å². The first-order chi connectivity index (χ1) is 11.0. The smallest absolute Gasteiger partial charge is 0.239 e. The predicted molar refractivity (Wildman–Crippen MR) is 88.5 cm³/mol. The highest BCUT2D eigenvalue weighted by Gasteiger charge is 2.37. The number of aryl methyl sites for hydroxylation is 2. The quantitative estimate of drug-likeness (QED) is 0.841.